The van der Waals surface area contributed by atoms with Gasteiger partial charge >= 0.3 is 0 Å². The summed E-state index contributed by atoms with van der Waals surface area (Å²) in [6.07, 6.45) is 1.40. The third-order valence-electron chi connectivity index (χ3n) is 3.37. The standard InChI is InChI=1S/C16H16BrClFNO/c1-21-11-5-2-10(3-6-11)4-9-14(20)12-7-8-13(17)15(18)16(12)19/h2-3,5-8,14H,4,9,20H2,1H3. The van der Waals surface area contributed by atoms with Crippen molar-refractivity contribution in [2.24, 2.45) is 5.73 Å². The summed E-state index contributed by atoms with van der Waals surface area (Å²) in [5.41, 5.74) is 7.66. The van der Waals surface area contributed by atoms with E-state index in [-0.39, 0.29) is 5.02 Å². The maximum absolute atomic E-state index is 14.1. The Balaban J connectivity index is 2.04. The number of ether oxygens (including phenoxy) is 1. The summed E-state index contributed by atoms with van der Waals surface area (Å²) in [6, 6.07) is 10.8. The van der Waals surface area contributed by atoms with Gasteiger partial charge in [0.25, 0.3) is 0 Å². The van der Waals surface area contributed by atoms with Crippen molar-refractivity contribution in [1.82, 2.24) is 0 Å². The second-order valence-corrected chi connectivity index (χ2v) is 5.99. The lowest BCUT2D eigenvalue weighted by atomic mass is 9.99. The van der Waals surface area contributed by atoms with Gasteiger partial charge in [-0.2, -0.15) is 0 Å². The second-order valence-electron chi connectivity index (χ2n) is 4.76. The molecule has 0 aliphatic heterocycles. The van der Waals surface area contributed by atoms with Crippen LogP contribution in [0.2, 0.25) is 5.02 Å². The van der Waals surface area contributed by atoms with Gasteiger partial charge in [0.05, 0.1) is 12.1 Å². The number of nitrogens with two attached hydrogens (primary N) is 1. The Bertz CT molecular complexity index is 618. The highest BCUT2D eigenvalue weighted by Gasteiger charge is 2.16. The minimum Gasteiger partial charge on any atom is -0.497 e. The zero-order chi connectivity index (χ0) is 15.4. The lowest BCUT2D eigenvalue weighted by Gasteiger charge is -2.14. The molecule has 0 heterocycles. The van der Waals surface area contributed by atoms with Crippen LogP contribution in [0.3, 0.4) is 0 Å². The van der Waals surface area contributed by atoms with E-state index in [1.807, 2.05) is 24.3 Å². The molecule has 0 aliphatic rings. The Morgan fingerprint density at radius 1 is 1.24 bits per heavy atom. The number of aryl methyl sites for hydroxylation is 1. The minimum absolute atomic E-state index is 0.0763. The molecule has 21 heavy (non-hydrogen) atoms. The van der Waals surface area contributed by atoms with Crippen LogP contribution in [-0.2, 0) is 6.42 Å². The van der Waals surface area contributed by atoms with Crippen LogP contribution >= 0.6 is 27.5 Å². The molecule has 0 saturated carbocycles. The van der Waals surface area contributed by atoms with Crippen molar-refractivity contribution in [3.63, 3.8) is 0 Å². The molecule has 0 aliphatic carbocycles. The van der Waals surface area contributed by atoms with E-state index in [1.165, 1.54) is 0 Å². The highest BCUT2D eigenvalue weighted by atomic mass is 79.9. The van der Waals surface area contributed by atoms with Gasteiger partial charge in [-0.1, -0.05) is 29.8 Å². The third kappa shape index (κ3) is 3.96. The van der Waals surface area contributed by atoms with E-state index in [0.717, 1.165) is 17.7 Å². The fraction of sp³-hybridized carbons (Fsp3) is 0.250. The molecule has 2 rings (SSSR count). The van der Waals surface area contributed by atoms with E-state index in [1.54, 1.807) is 19.2 Å². The molecule has 2 aromatic rings. The molecule has 0 bridgehead atoms. The van der Waals surface area contributed by atoms with Gasteiger partial charge < -0.3 is 10.5 Å². The molecule has 2 N–H and O–H groups in total. The fourth-order valence-electron chi connectivity index (χ4n) is 2.10. The van der Waals surface area contributed by atoms with Crippen LogP contribution < -0.4 is 10.5 Å². The van der Waals surface area contributed by atoms with E-state index in [0.29, 0.717) is 16.5 Å². The second kappa shape index (κ2) is 7.25. The average molecular weight is 373 g/mol. The molecule has 1 unspecified atom stereocenters. The van der Waals surface area contributed by atoms with E-state index in [2.05, 4.69) is 15.9 Å². The van der Waals surface area contributed by atoms with E-state index in [9.17, 15) is 4.39 Å². The van der Waals surface area contributed by atoms with Crippen molar-refractivity contribution in [1.29, 1.82) is 0 Å². The molecule has 112 valence electrons. The molecule has 0 aromatic heterocycles. The first-order chi connectivity index (χ1) is 10.0. The van der Waals surface area contributed by atoms with Crippen LogP contribution in [0, 0.1) is 5.82 Å². The van der Waals surface area contributed by atoms with Crippen molar-refractivity contribution in [2.45, 2.75) is 18.9 Å². The summed E-state index contributed by atoms with van der Waals surface area (Å²) >= 11 is 9.08. The van der Waals surface area contributed by atoms with Crippen LogP contribution in [0.5, 0.6) is 5.75 Å². The molecule has 5 heteroatoms. The lowest BCUT2D eigenvalue weighted by Crippen LogP contribution is -2.13. The SMILES string of the molecule is COc1ccc(CCC(N)c2ccc(Br)c(Cl)c2F)cc1. The van der Waals surface area contributed by atoms with Gasteiger partial charge in [-0.3, -0.25) is 0 Å². The largest absolute Gasteiger partial charge is 0.497 e. The molecule has 2 aromatic carbocycles. The molecule has 0 amide bonds. The zero-order valence-electron chi connectivity index (χ0n) is 11.6. The highest BCUT2D eigenvalue weighted by Crippen LogP contribution is 2.31. The summed E-state index contributed by atoms with van der Waals surface area (Å²) in [6.45, 7) is 0. The Morgan fingerprint density at radius 2 is 1.90 bits per heavy atom. The van der Waals surface area contributed by atoms with Crippen molar-refractivity contribution in [2.75, 3.05) is 7.11 Å². The Labute approximate surface area is 137 Å². The predicted octanol–water partition coefficient (Wildman–Crippen LogP) is 4.88. The van der Waals surface area contributed by atoms with Crippen molar-refractivity contribution in [3.05, 3.63) is 62.8 Å². The third-order valence-corrected chi connectivity index (χ3v) is 4.63. The molecule has 0 spiro atoms. The van der Waals surface area contributed by atoms with Gasteiger partial charge in [-0.15, -0.1) is 0 Å². The average Bonchev–Trinajstić information content (AvgIpc) is 2.51. The van der Waals surface area contributed by atoms with Gasteiger partial charge in [-0.25, -0.2) is 4.39 Å². The number of methoxy groups -OCH3 is 1. The topological polar surface area (TPSA) is 35.2 Å². The van der Waals surface area contributed by atoms with Crippen molar-refractivity contribution < 1.29 is 9.13 Å². The molecule has 0 radical (unpaired) electrons. The maximum atomic E-state index is 14.1. The number of halogens is 3. The molecule has 2 nitrogen and oxygen atoms in total. The van der Waals surface area contributed by atoms with Gasteiger partial charge in [0, 0.05) is 16.1 Å². The Hall–Kier alpha value is -1.10. The van der Waals surface area contributed by atoms with Crippen LogP contribution in [0.15, 0.2) is 40.9 Å². The van der Waals surface area contributed by atoms with Crippen LogP contribution in [0.25, 0.3) is 0 Å². The highest BCUT2D eigenvalue weighted by molar-refractivity contribution is 9.10. The van der Waals surface area contributed by atoms with Gasteiger partial charge in [0.2, 0.25) is 0 Å². The van der Waals surface area contributed by atoms with Crippen LogP contribution in [-0.4, -0.2) is 7.11 Å². The maximum Gasteiger partial charge on any atom is 0.147 e. The quantitative estimate of drug-likeness (QED) is 0.759. The van der Waals surface area contributed by atoms with Crippen molar-refractivity contribution in [3.8, 4) is 5.75 Å². The summed E-state index contributed by atoms with van der Waals surface area (Å²) in [7, 11) is 1.63. The van der Waals surface area contributed by atoms with E-state index < -0.39 is 11.9 Å². The summed E-state index contributed by atoms with van der Waals surface area (Å²) < 4.78 is 19.7. The first-order valence-electron chi connectivity index (χ1n) is 6.55. The minimum atomic E-state index is -0.451. The Morgan fingerprint density at radius 3 is 2.52 bits per heavy atom. The lowest BCUT2D eigenvalue weighted by molar-refractivity contribution is 0.414. The smallest absolute Gasteiger partial charge is 0.147 e. The summed E-state index contributed by atoms with van der Waals surface area (Å²) in [4.78, 5) is 0. The Kier molecular flexibility index (Phi) is 5.62. The van der Waals surface area contributed by atoms with Gasteiger partial charge in [0.15, 0.2) is 0 Å². The van der Waals surface area contributed by atoms with Crippen LogP contribution in [0.4, 0.5) is 4.39 Å². The molecule has 1 atom stereocenters. The van der Waals surface area contributed by atoms with Crippen LogP contribution in [0.1, 0.15) is 23.6 Å². The fourth-order valence-corrected chi connectivity index (χ4v) is 2.58. The predicted molar refractivity (Wildman–Crippen MR) is 87.4 cm³/mol. The molecular weight excluding hydrogens is 357 g/mol. The first-order valence-corrected chi connectivity index (χ1v) is 7.72. The molecule has 0 saturated heterocycles. The zero-order valence-corrected chi connectivity index (χ0v) is 13.9. The first kappa shape index (κ1) is 16.3. The van der Waals surface area contributed by atoms with Crippen molar-refractivity contribution >= 4 is 27.5 Å². The van der Waals surface area contributed by atoms with Gasteiger partial charge in [0.1, 0.15) is 11.6 Å². The normalized spacial score (nSPS) is 12.2. The van der Waals surface area contributed by atoms with E-state index in [4.69, 9.17) is 22.1 Å². The molecule has 0 fully saturated rings. The summed E-state index contributed by atoms with van der Waals surface area (Å²) in [5.74, 6) is 0.363. The number of benzene rings is 2. The number of rotatable bonds is 5. The summed E-state index contributed by atoms with van der Waals surface area (Å²) in [5, 5.41) is 0.0763. The number of hydrogen-bond acceptors (Lipinski definition) is 2. The molecular formula is C16H16BrClFNO. The van der Waals surface area contributed by atoms with Gasteiger partial charge in [-0.05, 0) is 52.5 Å². The monoisotopic (exact) mass is 371 g/mol. The number of hydrogen-bond donors (Lipinski definition) is 1. The van der Waals surface area contributed by atoms with E-state index >= 15 is 0 Å².